The molecule has 1 rings (SSSR count). The van der Waals surface area contributed by atoms with Crippen LogP contribution in [0.1, 0.15) is 53.3 Å². The van der Waals surface area contributed by atoms with E-state index in [0.717, 1.165) is 6.42 Å². The second kappa shape index (κ2) is 6.32. The number of nitrogens with one attached hydrogen (secondary N) is 1. The van der Waals surface area contributed by atoms with Gasteiger partial charge in [-0.3, -0.25) is 5.73 Å². The molecule has 1 unspecified atom stereocenters. The smallest absolute Gasteiger partial charge is 0.314 e. The van der Waals surface area contributed by atoms with Gasteiger partial charge in [-0.05, 0) is 49.1 Å². The van der Waals surface area contributed by atoms with Crippen LogP contribution < -0.4 is 5.73 Å². The normalized spacial score (nSPS) is 16.2. The fourth-order valence-electron chi connectivity index (χ4n) is 1.74. The zero-order chi connectivity index (χ0) is 16.5. The van der Waals surface area contributed by atoms with Gasteiger partial charge < -0.3 is 8.95 Å². The Balaban J connectivity index is 3.11. The van der Waals surface area contributed by atoms with Gasteiger partial charge in [0.2, 0.25) is 0 Å². The molecule has 0 aliphatic rings. The van der Waals surface area contributed by atoms with Crippen LogP contribution in [-0.4, -0.2) is 18.5 Å². The lowest BCUT2D eigenvalue weighted by molar-refractivity contribution is 0.0306. The van der Waals surface area contributed by atoms with Crippen LogP contribution in [0.3, 0.4) is 0 Å². The van der Waals surface area contributed by atoms with E-state index in [1.165, 1.54) is 0 Å². The highest BCUT2D eigenvalue weighted by Gasteiger charge is 2.45. The van der Waals surface area contributed by atoms with Crippen LogP contribution in [0.25, 0.3) is 0 Å². The van der Waals surface area contributed by atoms with Crippen molar-refractivity contribution < 1.29 is 8.95 Å². The van der Waals surface area contributed by atoms with E-state index in [0.29, 0.717) is 18.2 Å². The highest BCUT2D eigenvalue weighted by atomic mass is 32.1. The number of rotatable bonds is 6. The van der Waals surface area contributed by atoms with Crippen molar-refractivity contribution in [2.45, 2.75) is 71.3 Å². The molecule has 0 aliphatic heterocycles. The number of nitrogens with two attached hydrogens (primary N) is 1. The second-order valence-corrected chi connectivity index (χ2v) is 12.7. The minimum atomic E-state index is -2.05. The maximum atomic E-state index is 6.58. The molecule has 0 fully saturated rings. The van der Waals surface area contributed by atoms with E-state index >= 15 is 0 Å². The summed E-state index contributed by atoms with van der Waals surface area (Å²) in [5, 5.41) is 2.79. The summed E-state index contributed by atoms with van der Waals surface area (Å²) in [6.07, 6.45) is 1.62. The van der Waals surface area contributed by atoms with E-state index in [9.17, 15) is 0 Å². The van der Waals surface area contributed by atoms with Gasteiger partial charge in [-0.2, -0.15) is 4.98 Å². The molecule has 7 heteroatoms. The standard InChI is InChI=1S/C14H29N3O2SSi/c1-10(2)8-9-14(15,11-16-12(20)18-17-11)19-21(6,7)13(3,4)5/h10H,8-9,15H2,1-7H3,(H,16,17,20). The number of hydrogen-bond acceptors (Lipinski definition) is 5. The zero-order valence-electron chi connectivity index (χ0n) is 14.2. The van der Waals surface area contributed by atoms with Crippen molar-refractivity contribution in [1.82, 2.24) is 10.1 Å². The van der Waals surface area contributed by atoms with Crippen molar-refractivity contribution in [1.29, 1.82) is 0 Å². The Bertz CT molecular complexity index is 519. The molecule has 0 saturated carbocycles. The molecule has 0 radical (unpaired) electrons. The number of aromatic amines is 1. The molecule has 0 saturated heterocycles. The molecule has 0 amide bonds. The third kappa shape index (κ3) is 4.74. The topological polar surface area (TPSA) is 77.1 Å². The van der Waals surface area contributed by atoms with Crippen molar-refractivity contribution >= 4 is 20.5 Å². The summed E-state index contributed by atoms with van der Waals surface area (Å²) in [5.74, 6) is 1.02. The van der Waals surface area contributed by atoms with Gasteiger partial charge in [0.1, 0.15) is 0 Å². The molecule has 21 heavy (non-hydrogen) atoms. The van der Waals surface area contributed by atoms with Crippen LogP contribution in [0.2, 0.25) is 18.1 Å². The first kappa shape index (κ1) is 18.5. The maximum Gasteiger partial charge on any atom is 0.314 e. The lowest BCUT2D eigenvalue weighted by atomic mass is 10.0. The molecular weight excluding hydrogens is 302 g/mol. The van der Waals surface area contributed by atoms with E-state index < -0.39 is 14.0 Å². The SMILES string of the molecule is CC(C)CCC(N)(O[Si](C)(C)C(C)(C)C)c1nc(=S)o[nH]1. The van der Waals surface area contributed by atoms with Gasteiger partial charge in [-0.25, -0.2) is 5.16 Å². The molecule has 0 aromatic carbocycles. The molecule has 1 heterocycles. The van der Waals surface area contributed by atoms with Crippen LogP contribution in [0.15, 0.2) is 4.52 Å². The van der Waals surface area contributed by atoms with Crippen molar-refractivity contribution in [3.8, 4) is 0 Å². The molecule has 0 aliphatic carbocycles. The summed E-state index contributed by atoms with van der Waals surface area (Å²) in [6, 6.07) is 0. The van der Waals surface area contributed by atoms with Crippen LogP contribution >= 0.6 is 12.2 Å². The number of nitrogens with zero attached hydrogens (tertiary/aromatic N) is 1. The molecular formula is C14H29N3O2SSi. The average molecular weight is 332 g/mol. The molecule has 3 N–H and O–H groups in total. The molecule has 1 aromatic rings. The fourth-order valence-corrected chi connectivity index (χ4v) is 3.29. The Labute approximate surface area is 133 Å². The van der Waals surface area contributed by atoms with Crippen molar-refractivity contribution in [3.05, 3.63) is 10.7 Å². The van der Waals surface area contributed by atoms with E-state index in [1.54, 1.807) is 0 Å². The van der Waals surface area contributed by atoms with E-state index in [2.05, 4.69) is 57.9 Å². The first-order chi connectivity index (χ1) is 9.37. The molecule has 122 valence electrons. The number of aromatic nitrogens is 2. The van der Waals surface area contributed by atoms with E-state index in [4.69, 9.17) is 26.9 Å². The number of hydrogen-bond donors (Lipinski definition) is 2. The molecule has 5 nitrogen and oxygen atoms in total. The third-order valence-electron chi connectivity index (χ3n) is 4.18. The van der Waals surface area contributed by atoms with Crippen molar-refractivity contribution in [2.24, 2.45) is 11.7 Å². The first-order valence-electron chi connectivity index (χ1n) is 7.42. The lowest BCUT2D eigenvalue weighted by Crippen LogP contribution is -2.53. The first-order valence-corrected chi connectivity index (χ1v) is 10.7. The minimum Gasteiger partial charge on any atom is -0.393 e. The highest BCUT2D eigenvalue weighted by Crippen LogP contribution is 2.41. The predicted octanol–water partition coefficient (Wildman–Crippen LogP) is 4.30. The van der Waals surface area contributed by atoms with Crippen molar-refractivity contribution in [3.63, 3.8) is 0 Å². The van der Waals surface area contributed by atoms with Gasteiger partial charge >= 0.3 is 4.84 Å². The Morgan fingerprint density at radius 3 is 2.33 bits per heavy atom. The molecule has 0 spiro atoms. The summed E-state index contributed by atoms with van der Waals surface area (Å²) in [7, 11) is -2.05. The highest BCUT2D eigenvalue weighted by molar-refractivity contribution is 7.71. The van der Waals surface area contributed by atoms with Gasteiger partial charge in [0.25, 0.3) is 0 Å². The van der Waals surface area contributed by atoms with Crippen LogP contribution in [0.4, 0.5) is 0 Å². The Kier molecular flexibility index (Phi) is 5.58. The quantitative estimate of drug-likeness (QED) is 0.461. The summed E-state index contributed by atoms with van der Waals surface area (Å²) < 4.78 is 11.5. The largest absolute Gasteiger partial charge is 0.393 e. The van der Waals surface area contributed by atoms with Gasteiger partial charge in [0.15, 0.2) is 19.9 Å². The van der Waals surface area contributed by atoms with Crippen molar-refractivity contribution in [2.75, 3.05) is 0 Å². The monoisotopic (exact) mass is 331 g/mol. The predicted molar refractivity (Wildman–Crippen MR) is 89.9 cm³/mol. The van der Waals surface area contributed by atoms with Crippen LogP contribution in [0.5, 0.6) is 0 Å². The summed E-state index contributed by atoms with van der Waals surface area (Å²) >= 11 is 4.94. The van der Waals surface area contributed by atoms with Gasteiger partial charge in [-0.15, -0.1) is 0 Å². The summed E-state index contributed by atoms with van der Waals surface area (Å²) in [4.78, 5) is 4.35. The minimum absolute atomic E-state index is 0.0655. The summed E-state index contributed by atoms with van der Waals surface area (Å²) in [5.41, 5.74) is 5.60. The number of H-pyrrole nitrogens is 1. The Morgan fingerprint density at radius 1 is 1.38 bits per heavy atom. The van der Waals surface area contributed by atoms with Gasteiger partial charge in [0.05, 0.1) is 0 Å². The lowest BCUT2D eigenvalue weighted by Gasteiger charge is -2.43. The molecule has 0 bridgehead atoms. The van der Waals surface area contributed by atoms with Crippen LogP contribution in [0, 0.1) is 10.8 Å². The molecule has 1 atom stereocenters. The van der Waals surface area contributed by atoms with E-state index in [-0.39, 0.29) is 9.88 Å². The fraction of sp³-hybridized carbons (Fsp3) is 0.857. The Morgan fingerprint density at radius 2 is 1.95 bits per heavy atom. The zero-order valence-corrected chi connectivity index (χ0v) is 16.1. The summed E-state index contributed by atoms with van der Waals surface area (Å²) in [6.45, 7) is 15.3. The maximum absolute atomic E-state index is 6.58. The third-order valence-corrected chi connectivity index (χ3v) is 8.84. The molecule has 1 aromatic heterocycles. The van der Waals surface area contributed by atoms with Gasteiger partial charge in [0, 0.05) is 0 Å². The van der Waals surface area contributed by atoms with Gasteiger partial charge in [-0.1, -0.05) is 34.6 Å². The Hall–Kier alpha value is -0.503. The van der Waals surface area contributed by atoms with Crippen LogP contribution in [-0.2, 0) is 10.2 Å². The average Bonchev–Trinajstić information content (AvgIpc) is 2.72. The second-order valence-electron chi connectivity index (χ2n) is 7.61. The van der Waals surface area contributed by atoms with E-state index in [1.807, 2.05) is 0 Å².